The molecule has 0 saturated carbocycles. The van der Waals surface area contributed by atoms with E-state index < -0.39 is 11.9 Å². The molecular formula is C30H30N4O4. The molecule has 4 heterocycles. The van der Waals surface area contributed by atoms with Crippen LogP contribution in [0, 0.1) is 0 Å². The van der Waals surface area contributed by atoms with Crippen molar-refractivity contribution >= 4 is 11.9 Å². The van der Waals surface area contributed by atoms with Crippen molar-refractivity contribution in [2.24, 2.45) is 0 Å². The Kier molecular flexibility index (Phi) is 6.84. The summed E-state index contributed by atoms with van der Waals surface area (Å²) < 4.78 is 0. The molecule has 0 unspecified atom stereocenters. The van der Waals surface area contributed by atoms with Gasteiger partial charge in [0.25, 0.3) is 0 Å². The Labute approximate surface area is 221 Å². The summed E-state index contributed by atoms with van der Waals surface area (Å²) in [4.78, 5) is 42.2. The van der Waals surface area contributed by atoms with Crippen molar-refractivity contribution in [3.63, 3.8) is 0 Å². The van der Waals surface area contributed by atoms with E-state index in [2.05, 4.69) is 61.5 Å². The van der Waals surface area contributed by atoms with E-state index >= 15 is 0 Å². The van der Waals surface area contributed by atoms with Crippen molar-refractivity contribution in [2.75, 3.05) is 0 Å². The number of aromatic carboxylic acids is 2. The third-order valence-corrected chi connectivity index (χ3v) is 6.18. The molecule has 0 fully saturated rings. The van der Waals surface area contributed by atoms with Crippen molar-refractivity contribution in [3.8, 4) is 34.2 Å². The van der Waals surface area contributed by atoms with E-state index in [1.165, 1.54) is 24.3 Å². The number of hydrogen-bond donors (Lipinski definition) is 2. The molecule has 0 aromatic carbocycles. The number of rotatable bonds is 5. The van der Waals surface area contributed by atoms with Crippen molar-refractivity contribution < 1.29 is 19.8 Å². The Bertz CT molecular complexity index is 1430. The molecule has 0 aliphatic heterocycles. The fourth-order valence-electron chi connectivity index (χ4n) is 3.91. The van der Waals surface area contributed by atoms with E-state index in [9.17, 15) is 19.8 Å². The number of pyridine rings is 4. The van der Waals surface area contributed by atoms with Crippen LogP contribution >= 0.6 is 0 Å². The molecule has 4 rings (SSSR count). The second-order valence-electron chi connectivity index (χ2n) is 11.2. The number of carboxylic acid groups (broad SMARTS) is 2. The molecule has 0 amide bonds. The predicted molar refractivity (Wildman–Crippen MR) is 145 cm³/mol. The lowest BCUT2D eigenvalue weighted by molar-refractivity contribution is 0.0686. The van der Waals surface area contributed by atoms with Gasteiger partial charge in [-0.2, -0.15) is 0 Å². The topological polar surface area (TPSA) is 126 Å². The Morgan fingerprint density at radius 3 is 1.16 bits per heavy atom. The van der Waals surface area contributed by atoms with Gasteiger partial charge in [0.05, 0.1) is 45.3 Å². The summed E-state index contributed by atoms with van der Waals surface area (Å²) in [6.45, 7) is 12.4. The van der Waals surface area contributed by atoms with Gasteiger partial charge in [0.2, 0.25) is 0 Å². The minimum atomic E-state index is -1.14. The molecule has 8 nitrogen and oxygen atoms in total. The number of carbonyl (C=O) groups is 2. The molecular weight excluding hydrogens is 480 g/mol. The highest BCUT2D eigenvalue weighted by Gasteiger charge is 2.20. The van der Waals surface area contributed by atoms with Gasteiger partial charge in [-0.15, -0.1) is 0 Å². The summed E-state index contributed by atoms with van der Waals surface area (Å²) in [5.41, 5.74) is 3.89. The third kappa shape index (κ3) is 5.75. The Morgan fingerprint density at radius 1 is 0.553 bits per heavy atom. The van der Waals surface area contributed by atoms with Gasteiger partial charge in [-0.3, -0.25) is 9.97 Å². The van der Waals surface area contributed by atoms with E-state index in [0.717, 1.165) is 11.1 Å². The molecule has 0 saturated heterocycles. The zero-order valence-electron chi connectivity index (χ0n) is 22.3. The molecule has 0 radical (unpaired) electrons. The Hall–Kier alpha value is -4.46. The third-order valence-electron chi connectivity index (χ3n) is 6.18. The van der Waals surface area contributed by atoms with E-state index in [4.69, 9.17) is 0 Å². The van der Waals surface area contributed by atoms with E-state index in [1.54, 1.807) is 12.4 Å². The fourth-order valence-corrected chi connectivity index (χ4v) is 3.91. The lowest BCUT2D eigenvalue weighted by Gasteiger charge is -2.19. The normalized spacial score (nSPS) is 11.8. The lowest BCUT2D eigenvalue weighted by Crippen LogP contribution is -2.11. The van der Waals surface area contributed by atoms with Crippen LogP contribution < -0.4 is 0 Å². The molecule has 0 atom stereocenters. The molecule has 0 aliphatic carbocycles. The molecule has 0 spiro atoms. The summed E-state index contributed by atoms with van der Waals surface area (Å²) >= 11 is 0. The Morgan fingerprint density at radius 2 is 0.868 bits per heavy atom. The van der Waals surface area contributed by atoms with Crippen molar-refractivity contribution in [1.82, 2.24) is 19.9 Å². The molecule has 8 heteroatoms. The zero-order chi connectivity index (χ0) is 27.8. The summed E-state index contributed by atoms with van der Waals surface area (Å²) in [5, 5.41) is 19.6. The maximum absolute atomic E-state index is 12.0. The number of nitrogens with zero attached hydrogens (tertiary/aromatic N) is 4. The number of hydrogen-bond acceptors (Lipinski definition) is 6. The quantitative estimate of drug-likeness (QED) is 0.322. The smallest absolute Gasteiger partial charge is 0.335 e. The van der Waals surface area contributed by atoms with Crippen LogP contribution in [0.2, 0.25) is 0 Å². The molecule has 2 N–H and O–H groups in total. The van der Waals surface area contributed by atoms with Crippen LogP contribution in [0.25, 0.3) is 34.2 Å². The van der Waals surface area contributed by atoms with Gasteiger partial charge in [0.15, 0.2) is 0 Å². The number of aromatic nitrogens is 4. The van der Waals surface area contributed by atoms with Crippen molar-refractivity contribution in [2.45, 2.75) is 52.4 Å². The van der Waals surface area contributed by atoms with Crippen LogP contribution in [0.15, 0.2) is 60.9 Å². The van der Waals surface area contributed by atoms with Gasteiger partial charge in [0, 0.05) is 12.4 Å². The first-order valence-electron chi connectivity index (χ1n) is 12.2. The summed E-state index contributed by atoms with van der Waals surface area (Å²) in [7, 11) is 0. The molecule has 194 valence electrons. The van der Waals surface area contributed by atoms with E-state index in [1.807, 2.05) is 24.3 Å². The van der Waals surface area contributed by atoms with Gasteiger partial charge >= 0.3 is 11.9 Å². The monoisotopic (exact) mass is 510 g/mol. The fraction of sp³-hybridized carbons (Fsp3) is 0.267. The van der Waals surface area contributed by atoms with Gasteiger partial charge in [-0.25, -0.2) is 19.6 Å². The van der Waals surface area contributed by atoms with Crippen LogP contribution in [-0.4, -0.2) is 42.1 Å². The summed E-state index contributed by atoms with van der Waals surface area (Å²) in [6, 6.07) is 13.3. The lowest BCUT2D eigenvalue weighted by atomic mass is 9.87. The highest BCUT2D eigenvalue weighted by Crippen LogP contribution is 2.30. The van der Waals surface area contributed by atoms with Crippen molar-refractivity contribution in [3.05, 3.63) is 83.2 Å². The van der Waals surface area contributed by atoms with Gasteiger partial charge < -0.3 is 10.2 Å². The molecule has 38 heavy (non-hydrogen) atoms. The van der Waals surface area contributed by atoms with Crippen molar-refractivity contribution in [1.29, 1.82) is 0 Å². The maximum Gasteiger partial charge on any atom is 0.335 e. The first kappa shape index (κ1) is 26.6. The van der Waals surface area contributed by atoms with Crippen LogP contribution in [-0.2, 0) is 10.8 Å². The van der Waals surface area contributed by atoms with Crippen LogP contribution in [0.3, 0.4) is 0 Å². The molecule has 0 bridgehead atoms. The van der Waals surface area contributed by atoms with Gasteiger partial charge in [-0.05, 0) is 70.5 Å². The van der Waals surface area contributed by atoms with Crippen LogP contribution in [0.1, 0.15) is 73.4 Å². The van der Waals surface area contributed by atoms with Crippen LogP contribution in [0.4, 0.5) is 0 Å². The van der Waals surface area contributed by atoms with Crippen LogP contribution in [0.5, 0.6) is 0 Å². The highest BCUT2D eigenvalue weighted by molar-refractivity contribution is 5.92. The molecule has 4 aromatic heterocycles. The van der Waals surface area contributed by atoms with Gasteiger partial charge in [-0.1, -0.05) is 41.5 Å². The second kappa shape index (κ2) is 9.78. The maximum atomic E-state index is 12.0. The first-order chi connectivity index (χ1) is 17.7. The predicted octanol–water partition coefficient (Wildman–Crippen LogP) is 6.26. The zero-order valence-corrected chi connectivity index (χ0v) is 22.3. The largest absolute Gasteiger partial charge is 0.478 e. The minimum absolute atomic E-state index is 0.00936. The average Bonchev–Trinajstić information content (AvgIpc) is 2.87. The molecule has 0 aliphatic rings. The summed E-state index contributed by atoms with van der Waals surface area (Å²) in [6.07, 6.45) is 3.33. The minimum Gasteiger partial charge on any atom is -0.478 e. The second-order valence-corrected chi connectivity index (χ2v) is 11.2. The van der Waals surface area contributed by atoms with E-state index in [0.29, 0.717) is 22.8 Å². The molecule has 4 aromatic rings. The SMILES string of the molecule is CC(C)(C)c1ccnc(-c2cc(C(=O)O)cc(-c3cc(C(=O)O)cc(-c4cc(C(C)(C)C)ccn4)n3)n2)c1. The average molecular weight is 511 g/mol. The number of carboxylic acids is 2. The standard InChI is InChI=1S/C30H30N4O4/c1-29(2,3)19-7-9-31-21(15-19)23-11-17(27(35)36)13-25(33-23)26-14-18(28(37)38)12-24(34-26)22-16-20(8-10-32-22)30(4,5)6/h7-16H,1-6H3,(H,35,36)(H,37,38). The van der Waals surface area contributed by atoms with Gasteiger partial charge in [0.1, 0.15) is 0 Å². The Balaban J connectivity index is 1.92. The highest BCUT2D eigenvalue weighted by atomic mass is 16.4. The summed E-state index contributed by atoms with van der Waals surface area (Å²) in [5.74, 6) is -2.29. The first-order valence-corrected chi connectivity index (χ1v) is 12.2. The van der Waals surface area contributed by atoms with E-state index in [-0.39, 0.29) is 33.3 Å².